The molecule has 48 heavy (non-hydrogen) atoms. The summed E-state index contributed by atoms with van der Waals surface area (Å²) in [6.07, 6.45) is 7.26. The Morgan fingerprint density at radius 1 is 0.604 bits per heavy atom. The van der Waals surface area contributed by atoms with Crippen LogP contribution < -0.4 is 9.80 Å². The summed E-state index contributed by atoms with van der Waals surface area (Å²) < 4.78 is 0. The fraction of sp³-hybridized carbons (Fsp3) is 0.217. The Kier molecular flexibility index (Phi) is 5.90. The molecule has 2 heteroatoms. The van der Waals surface area contributed by atoms with Crippen molar-refractivity contribution < 1.29 is 0 Å². The van der Waals surface area contributed by atoms with Gasteiger partial charge in [-0.3, -0.25) is 0 Å². The number of para-hydroxylation sites is 1. The molecule has 2 atom stereocenters. The smallest absolute Gasteiger partial charge is 0.0653 e. The summed E-state index contributed by atoms with van der Waals surface area (Å²) in [6.45, 7) is 18.4. The van der Waals surface area contributed by atoms with E-state index < -0.39 is 0 Å². The molecule has 1 heterocycles. The van der Waals surface area contributed by atoms with Crippen LogP contribution in [-0.4, -0.2) is 6.04 Å². The van der Waals surface area contributed by atoms with Crippen molar-refractivity contribution in [1.29, 1.82) is 0 Å². The van der Waals surface area contributed by atoms with Gasteiger partial charge in [0.05, 0.1) is 6.04 Å². The lowest BCUT2D eigenvalue weighted by molar-refractivity contribution is 0.537. The van der Waals surface area contributed by atoms with Gasteiger partial charge in [-0.2, -0.15) is 0 Å². The molecule has 0 aromatic heterocycles. The summed E-state index contributed by atoms with van der Waals surface area (Å²) >= 11 is 0. The van der Waals surface area contributed by atoms with Gasteiger partial charge >= 0.3 is 0 Å². The van der Waals surface area contributed by atoms with Gasteiger partial charge in [-0.05, 0) is 106 Å². The molecule has 5 aromatic carbocycles. The predicted molar refractivity (Wildman–Crippen MR) is 202 cm³/mol. The quantitative estimate of drug-likeness (QED) is 0.197. The summed E-state index contributed by atoms with van der Waals surface area (Å²) in [5.74, 6) is 0. The maximum absolute atomic E-state index is 4.40. The lowest BCUT2D eigenvalue weighted by Gasteiger charge is -2.39. The van der Waals surface area contributed by atoms with Crippen LogP contribution in [0, 0.1) is 0 Å². The molecule has 0 bridgehead atoms. The number of nitrogens with zero attached hydrogens (tertiary/aromatic N) is 2. The maximum Gasteiger partial charge on any atom is 0.0653 e. The molecule has 0 saturated carbocycles. The number of anilines is 3. The molecule has 5 aromatic rings. The number of allylic oxidation sites excluding steroid dienone is 2. The van der Waals surface area contributed by atoms with Crippen LogP contribution in [0.15, 0.2) is 145 Å². The average Bonchev–Trinajstić information content (AvgIpc) is 3.58. The van der Waals surface area contributed by atoms with E-state index in [-0.39, 0.29) is 22.3 Å². The van der Waals surface area contributed by atoms with Gasteiger partial charge in [0.15, 0.2) is 0 Å². The van der Waals surface area contributed by atoms with E-state index in [0.717, 1.165) is 5.70 Å². The van der Waals surface area contributed by atoms with Crippen LogP contribution >= 0.6 is 0 Å². The van der Waals surface area contributed by atoms with Crippen LogP contribution in [0.3, 0.4) is 0 Å². The highest BCUT2D eigenvalue weighted by Crippen LogP contribution is 2.55. The zero-order valence-electron chi connectivity index (χ0n) is 28.8. The SMILES string of the molecule is C=C(C)N1c2ccccc2C2(C)C=C(N(c3ccc4c(c3)C(C)(C)c3ccccc3-4)c3ccc4c(c3)C(C)(C)c3ccccc3-4)C=CC12. The van der Waals surface area contributed by atoms with Gasteiger partial charge in [0, 0.05) is 44.7 Å². The number of benzene rings is 5. The second-order valence-corrected chi connectivity index (χ2v) is 15.4. The van der Waals surface area contributed by atoms with Crippen molar-refractivity contribution >= 4 is 17.1 Å². The molecule has 1 aliphatic heterocycles. The molecule has 9 rings (SSSR count). The Labute approximate surface area is 285 Å². The van der Waals surface area contributed by atoms with Crippen molar-refractivity contribution in [3.8, 4) is 22.3 Å². The molecule has 4 aliphatic rings. The first kappa shape index (κ1) is 29.1. The summed E-state index contributed by atoms with van der Waals surface area (Å²) in [7, 11) is 0. The van der Waals surface area contributed by atoms with E-state index in [1.807, 2.05) is 0 Å². The van der Waals surface area contributed by atoms with Crippen molar-refractivity contribution in [1.82, 2.24) is 0 Å². The molecular formula is C46H42N2. The second-order valence-electron chi connectivity index (χ2n) is 15.4. The highest BCUT2D eigenvalue weighted by Gasteiger charge is 2.48. The van der Waals surface area contributed by atoms with Crippen LogP contribution in [0.4, 0.5) is 17.1 Å². The summed E-state index contributed by atoms with van der Waals surface area (Å²) in [5, 5.41) is 0. The van der Waals surface area contributed by atoms with Gasteiger partial charge < -0.3 is 9.80 Å². The predicted octanol–water partition coefficient (Wildman–Crippen LogP) is 11.6. The fourth-order valence-corrected chi connectivity index (χ4v) is 9.40. The molecule has 0 amide bonds. The van der Waals surface area contributed by atoms with Gasteiger partial charge in [0.25, 0.3) is 0 Å². The Morgan fingerprint density at radius 2 is 1.08 bits per heavy atom. The fourth-order valence-electron chi connectivity index (χ4n) is 9.40. The number of hydrogen-bond donors (Lipinski definition) is 0. The maximum atomic E-state index is 4.40. The second kappa shape index (κ2) is 9.73. The third-order valence-corrected chi connectivity index (χ3v) is 11.9. The van der Waals surface area contributed by atoms with E-state index in [1.54, 1.807) is 0 Å². The minimum absolute atomic E-state index is 0.0879. The van der Waals surface area contributed by atoms with E-state index >= 15 is 0 Å². The lowest BCUT2D eigenvalue weighted by Crippen LogP contribution is -2.42. The zero-order valence-corrected chi connectivity index (χ0v) is 28.8. The van der Waals surface area contributed by atoms with Crippen molar-refractivity contribution in [3.05, 3.63) is 173 Å². The van der Waals surface area contributed by atoms with E-state index in [2.05, 4.69) is 185 Å². The van der Waals surface area contributed by atoms with Crippen LogP contribution in [0.1, 0.15) is 69.4 Å². The highest BCUT2D eigenvalue weighted by atomic mass is 15.2. The van der Waals surface area contributed by atoms with E-state index in [9.17, 15) is 0 Å². The normalized spacial score (nSPS) is 21.4. The van der Waals surface area contributed by atoms with Gasteiger partial charge in [0.2, 0.25) is 0 Å². The van der Waals surface area contributed by atoms with Gasteiger partial charge in [-0.1, -0.05) is 119 Å². The van der Waals surface area contributed by atoms with E-state index in [4.69, 9.17) is 0 Å². The molecule has 3 aliphatic carbocycles. The molecule has 0 N–H and O–H groups in total. The third kappa shape index (κ3) is 3.75. The molecule has 0 spiro atoms. The molecule has 2 nitrogen and oxygen atoms in total. The standard InChI is InChI=1S/C46H42N2/c1-29(2)47-42-19-13-12-18-39(42)46(7)28-32(22-25-43(46)47)48(30-20-23-35-33-14-8-10-16-37(33)44(3,4)40(35)26-30)31-21-24-36-34-15-9-11-17-38(34)45(5,6)41(36)27-31/h8-28,43H,1H2,2-7H3. The number of fused-ring (bicyclic) bond motifs is 9. The van der Waals surface area contributed by atoms with Gasteiger partial charge in [-0.15, -0.1) is 0 Å². The van der Waals surface area contributed by atoms with E-state index in [0.29, 0.717) is 0 Å². The van der Waals surface area contributed by atoms with E-state index in [1.165, 1.54) is 72.8 Å². The van der Waals surface area contributed by atoms with Crippen LogP contribution in [-0.2, 0) is 16.2 Å². The zero-order chi connectivity index (χ0) is 33.2. The van der Waals surface area contributed by atoms with Crippen LogP contribution in [0.25, 0.3) is 22.3 Å². The summed E-state index contributed by atoms with van der Waals surface area (Å²) in [5.41, 5.74) is 17.7. The van der Waals surface area contributed by atoms with Crippen molar-refractivity contribution in [2.75, 3.05) is 9.80 Å². The topological polar surface area (TPSA) is 6.48 Å². The first-order valence-corrected chi connectivity index (χ1v) is 17.3. The van der Waals surface area contributed by atoms with Crippen molar-refractivity contribution in [2.45, 2.75) is 63.8 Å². The van der Waals surface area contributed by atoms with Crippen LogP contribution in [0.2, 0.25) is 0 Å². The summed E-state index contributed by atoms with van der Waals surface area (Å²) in [4.78, 5) is 4.91. The monoisotopic (exact) mass is 622 g/mol. The largest absolute Gasteiger partial charge is 0.338 e. The molecule has 236 valence electrons. The lowest BCUT2D eigenvalue weighted by atomic mass is 9.75. The van der Waals surface area contributed by atoms with Gasteiger partial charge in [-0.25, -0.2) is 0 Å². The Balaban J connectivity index is 1.25. The molecule has 0 fully saturated rings. The molecule has 0 saturated heterocycles. The van der Waals surface area contributed by atoms with Gasteiger partial charge in [0.1, 0.15) is 0 Å². The first-order chi connectivity index (χ1) is 23.0. The molecular weight excluding hydrogens is 581 g/mol. The average molecular weight is 623 g/mol. The summed E-state index contributed by atoms with van der Waals surface area (Å²) in [6, 6.07) is 41.1. The van der Waals surface area contributed by atoms with Crippen molar-refractivity contribution in [2.24, 2.45) is 0 Å². The Morgan fingerprint density at radius 3 is 1.62 bits per heavy atom. The first-order valence-electron chi connectivity index (χ1n) is 17.3. The molecule has 2 unspecified atom stereocenters. The minimum atomic E-state index is -0.226. The highest BCUT2D eigenvalue weighted by molar-refractivity contribution is 5.87. The Hall–Kier alpha value is -5.08. The van der Waals surface area contributed by atoms with Crippen molar-refractivity contribution in [3.63, 3.8) is 0 Å². The number of rotatable bonds is 4. The van der Waals surface area contributed by atoms with Crippen LogP contribution in [0.5, 0.6) is 0 Å². The molecule has 0 radical (unpaired) electrons. The third-order valence-electron chi connectivity index (χ3n) is 11.9. The Bertz CT molecular complexity index is 2160. The minimum Gasteiger partial charge on any atom is -0.338 e. The number of hydrogen-bond acceptors (Lipinski definition) is 2.